The van der Waals surface area contributed by atoms with Gasteiger partial charge in [0.1, 0.15) is 0 Å². The van der Waals surface area contributed by atoms with E-state index in [-0.39, 0.29) is 0 Å². The molecule has 0 fully saturated rings. The summed E-state index contributed by atoms with van der Waals surface area (Å²) in [6.45, 7) is 0.642. The maximum Gasteiger partial charge on any atom is 0.163 e. The van der Waals surface area contributed by atoms with Gasteiger partial charge in [0.15, 0.2) is 5.11 Å². The second-order valence-corrected chi connectivity index (χ2v) is 2.68. The third kappa shape index (κ3) is 2.55. The second-order valence-electron chi connectivity index (χ2n) is 2.24. The molecule has 1 aromatic heterocycles. The highest BCUT2D eigenvalue weighted by Crippen LogP contribution is 1.93. The summed E-state index contributed by atoms with van der Waals surface area (Å²) in [4.78, 5) is 0. The van der Waals surface area contributed by atoms with E-state index in [2.05, 4.69) is 22.6 Å². The SMILES string of the molecule is Cn1cc(CNC(N)=S)cn1. The van der Waals surface area contributed by atoms with Gasteiger partial charge in [-0.25, -0.2) is 0 Å². The smallest absolute Gasteiger partial charge is 0.163 e. The molecule has 5 heteroatoms. The van der Waals surface area contributed by atoms with Gasteiger partial charge in [-0.1, -0.05) is 0 Å². The molecule has 1 heterocycles. The average molecular weight is 170 g/mol. The standard InChI is InChI=1S/C6H10N4S/c1-10-4-5(3-9-10)2-8-6(7)11/h3-4H,2H2,1H3,(H3,7,8,11). The van der Waals surface area contributed by atoms with E-state index >= 15 is 0 Å². The van der Waals surface area contributed by atoms with Crippen LogP contribution in [0.2, 0.25) is 0 Å². The molecule has 0 saturated heterocycles. The summed E-state index contributed by atoms with van der Waals surface area (Å²) in [5.74, 6) is 0. The first kappa shape index (κ1) is 8.00. The Kier molecular flexibility index (Phi) is 2.43. The summed E-state index contributed by atoms with van der Waals surface area (Å²) in [5, 5.41) is 7.13. The Hall–Kier alpha value is -1.10. The number of rotatable bonds is 2. The van der Waals surface area contributed by atoms with Gasteiger partial charge < -0.3 is 11.1 Å². The van der Waals surface area contributed by atoms with Crippen molar-refractivity contribution in [1.82, 2.24) is 15.1 Å². The molecule has 0 aromatic carbocycles. The Labute approximate surface area is 70.4 Å². The first-order valence-electron chi connectivity index (χ1n) is 3.19. The molecule has 0 bridgehead atoms. The number of nitrogens with one attached hydrogen (secondary N) is 1. The maximum atomic E-state index is 5.24. The van der Waals surface area contributed by atoms with Crippen LogP contribution >= 0.6 is 12.2 Å². The molecule has 0 aliphatic heterocycles. The van der Waals surface area contributed by atoms with Gasteiger partial charge in [-0.3, -0.25) is 4.68 Å². The second kappa shape index (κ2) is 3.34. The lowest BCUT2D eigenvalue weighted by Crippen LogP contribution is -2.28. The van der Waals surface area contributed by atoms with Crippen molar-refractivity contribution in [2.75, 3.05) is 0 Å². The van der Waals surface area contributed by atoms with Gasteiger partial charge in [0.05, 0.1) is 6.20 Å². The van der Waals surface area contributed by atoms with Gasteiger partial charge in [-0.15, -0.1) is 0 Å². The monoisotopic (exact) mass is 170 g/mol. The maximum absolute atomic E-state index is 5.24. The van der Waals surface area contributed by atoms with Crippen LogP contribution in [0.1, 0.15) is 5.56 Å². The number of nitrogens with zero attached hydrogens (tertiary/aromatic N) is 2. The van der Waals surface area contributed by atoms with E-state index in [0.717, 1.165) is 5.56 Å². The lowest BCUT2D eigenvalue weighted by atomic mass is 10.4. The zero-order valence-corrected chi connectivity index (χ0v) is 7.06. The van der Waals surface area contributed by atoms with E-state index in [4.69, 9.17) is 5.73 Å². The third-order valence-electron chi connectivity index (χ3n) is 1.23. The van der Waals surface area contributed by atoms with E-state index in [9.17, 15) is 0 Å². The van der Waals surface area contributed by atoms with Crippen LogP contribution < -0.4 is 11.1 Å². The molecule has 11 heavy (non-hydrogen) atoms. The van der Waals surface area contributed by atoms with Gasteiger partial charge in [-0.05, 0) is 12.2 Å². The Morgan fingerprint density at radius 1 is 1.91 bits per heavy atom. The Morgan fingerprint density at radius 2 is 2.64 bits per heavy atom. The minimum absolute atomic E-state index is 0.314. The summed E-state index contributed by atoms with van der Waals surface area (Å²) in [6.07, 6.45) is 3.68. The van der Waals surface area contributed by atoms with E-state index in [1.807, 2.05) is 13.2 Å². The molecule has 1 aromatic rings. The van der Waals surface area contributed by atoms with Crippen LogP contribution in [0.15, 0.2) is 12.4 Å². The van der Waals surface area contributed by atoms with Crippen molar-refractivity contribution in [2.24, 2.45) is 12.8 Å². The molecule has 0 aliphatic rings. The fourth-order valence-electron chi connectivity index (χ4n) is 0.752. The van der Waals surface area contributed by atoms with Crippen molar-refractivity contribution in [2.45, 2.75) is 6.54 Å². The number of hydrogen-bond acceptors (Lipinski definition) is 2. The molecule has 0 saturated carbocycles. The molecular formula is C6H10N4S. The number of aromatic nitrogens is 2. The molecule has 0 aliphatic carbocycles. The lowest BCUT2D eigenvalue weighted by molar-refractivity contribution is 0.766. The van der Waals surface area contributed by atoms with Crippen LogP contribution in [0, 0.1) is 0 Å². The third-order valence-corrected chi connectivity index (χ3v) is 1.37. The summed E-state index contributed by atoms with van der Waals surface area (Å²) >= 11 is 4.64. The fraction of sp³-hybridized carbons (Fsp3) is 0.333. The van der Waals surface area contributed by atoms with E-state index in [0.29, 0.717) is 11.7 Å². The predicted octanol–water partition coefficient (Wildman–Crippen LogP) is -0.247. The van der Waals surface area contributed by atoms with Crippen molar-refractivity contribution in [1.29, 1.82) is 0 Å². The summed E-state index contributed by atoms with van der Waals surface area (Å²) in [7, 11) is 1.87. The van der Waals surface area contributed by atoms with Crippen molar-refractivity contribution in [3.8, 4) is 0 Å². The van der Waals surface area contributed by atoms with E-state index < -0.39 is 0 Å². The number of nitrogens with two attached hydrogens (primary N) is 1. The number of thiocarbonyl (C=S) groups is 1. The minimum atomic E-state index is 0.314. The zero-order chi connectivity index (χ0) is 8.27. The zero-order valence-electron chi connectivity index (χ0n) is 6.24. The van der Waals surface area contributed by atoms with E-state index in [1.165, 1.54) is 0 Å². The first-order valence-corrected chi connectivity index (χ1v) is 3.60. The van der Waals surface area contributed by atoms with Crippen LogP contribution in [0.25, 0.3) is 0 Å². The number of aryl methyl sites for hydroxylation is 1. The van der Waals surface area contributed by atoms with Gasteiger partial charge in [0.25, 0.3) is 0 Å². The van der Waals surface area contributed by atoms with Crippen LogP contribution in [0.4, 0.5) is 0 Å². The van der Waals surface area contributed by atoms with E-state index in [1.54, 1.807) is 10.9 Å². The van der Waals surface area contributed by atoms with Gasteiger partial charge >= 0.3 is 0 Å². The summed E-state index contributed by atoms with van der Waals surface area (Å²) in [5.41, 5.74) is 6.31. The van der Waals surface area contributed by atoms with Crippen molar-refractivity contribution in [3.63, 3.8) is 0 Å². The molecular weight excluding hydrogens is 160 g/mol. The van der Waals surface area contributed by atoms with Crippen LogP contribution in [-0.4, -0.2) is 14.9 Å². The Morgan fingerprint density at radius 3 is 3.09 bits per heavy atom. The highest BCUT2D eigenvalue weighted by Gasteiger charge is 1.94. The largest absolute Gasteiger partial charge is 0.376 e. The molecule has 0 spiro atoms. The molecule has 3 N–H and O–H groups in total. The molecule has 1 rings (SSSR count). The molecule has 0 amide bonds. The normalized spacial score (nSPS) is 9.55. The topological polar surface area (TPSA) is 55.9 Å². The van der Waals surface area contributed by atoms with Gasteiger partial charge in [-0.2, -0.15) is 5.10 Å². The molecule has 60 valence electrons. The molecule has 4 nitrogen and oxygen atoms in total. The first-order chi connectivity index (χ1) is 5.18. The lowest BCUT2D eigenvalue weighted by Gasteiger charge is -1.98. The number of hydrogen-bond donors (Lipinski definition) is 2. The Bertz CT molecular complexity index is 255. The average Bonchev–Trinajstić information content (AvgIpc) is 2.31. The van der Waals surface area contributed by atoms with Crippen LogP contribution in [0.5, 0.6) is 0 Å². The van der Waals surface area contributed by atoms with Crippen LogP contribution in [0.3, 0.4) is 0 Å². The predicted molar refractivity (Wildman–Crippen MR) is 46.8 cm³/mol. The van der Waals surface area contributed by atoms with Gasteiger partial charge in [0.2, 0.25) is 0 Å². The van der Waals surface area contributed by atoms with Crippen molar-refractivity contribution in [3.05, 3.63) is 18.0 Å². The van der Waals surface area contributed by atoms with Crippen molar-refractivity contribution < 1.29 is 0 Å². The molecule has 0 radical (unpaired) electrons. The highest BCUT2D eigenvalue weighted by molar-refractivity contribution is 7.80. The quantitative estimate of drug-likeness (QED) is 0.601. The highest BCUT2D eigenvalue weighted by atomic mass is 32.1. The molecule has 0 unspecified atom stereocenters. The van der Waals surface area contributed by atoms with Crippen molar-refractivity contribution >= 4 is 17.3 Å². The minimum Gasteiger partial charge on any atom is -0.376 e. The van der Waals surface area contributed by atoms with Gasteiger partial charge in [0, 0.05) is 25.4 Å². The fourth-order valence-corrected chi connectivity index (χ4v) is 0.825. The summed E-state index contributed by atoms with van der Waals surface area (Å²) < 4.78 is 1.73. The van der Waals surface area contributed by atoms with Crippen LogP contribution in [-0.2, 0) is 13.6 Å². The molecule has 0 atom stereocenters. The summed E-state index contributed by atoms with van der Waals surface area (Å²) in [6, 6.07) is 0. The Balaban J connectivity index is 2.45.